The van der Waals surface area contributed by atoms with Gasteiger partial charge in [-0.15, -0.1) is 0 Å². The molecule has 0 spiro atoms. The smallest absolute Gasteiger partial charge is 0.213 e. The lowest BCUT2D eigenvalue weighted by Crippen LogP contribution is -2.11. The predicted molar refractivity (Wildman–Crippen MR) is 74.5 cm³/mol. The second-order valence-electron chi connectivity index (χ2n) is 3.84. The van der Waals surface area contributed by atoms with Crippen LogP contribution in [0.4, 0.5) is 4.39 Å². The van der Waals surface area contributed by atoms with Crippen molar-refractivity contribution in [1.82, 2.24) is 0 Å². The van der Waals surface area contributed by atoms with Crippen molar-refractivity contribution in [3.8, 4) is 5.75 Å². The maximum atomic E-state index is 13.9. The van der Waals surface area contributed by atoms with Gasteiger partial charge in [0.15, 0.2) is 0 Å². The van der Waals surface area contributed by atoms with Gasteiger partial charge in [-0.2, -0.15) is 0 Å². The highest BCUT2D eigenvalue weighted by molar-refractivity contribution is 8.00. The third-order valence-electron chi connectivity index (χ3n) is 2.56. The number of carbonyl (C=O) groups excluding carboxylic acids is 1. The Morgan fingerprint density at radius 3 is 2.32 bits per heavy atom. The zero-order valence-corrected chi connectivity index (χ0v) is 11.2. The number of hydrogen-bond acceptors (Lipinski definition) is 3. The molecule has 0 aliphatic rings. The van der Waals surface area contributed by atoms with Crippen molar-refractivity contribution in [2.24, 2.45) is 0 Å². The van der Waals surface area contributed by atoms with Crippen LogP contribution in [0.2, 0.25) is 0 Å². The molecule has 4 heteroatoms. The first-order valence-electron chi connectivity index (χ1n) is 5.75. The molecule has 0 aliphatic carbocycles. The third-order valence-corrected chi connectivity index (χ3v) is 3.53. The highest BCUT2D eigenvalue weighted by Gasteiger charge is 2.20. The molecule has 0 aromatic heterocycles. The zero-order valence-electron chi connectivity index (χ0n) is 10.4. The molecule has 0 saturated heterocycles. The fourth-order valence-corrected chi connectivity index (χ4v) is 2.34. The summed E-state index contributed by atoms with van der Waals surface area (Å²) in [6.07, 6.45) is 0. The van der Waals surface area contributed by atoms with Gasteiger partial charge in [-0.25, -0.2) is 4.39 Å². The van der Waals surface area contributed by atoms with E-state index in [4.69, 9.17) is 4.74 Å². The van der Waals surface area contributed by atoms with Crippen LogP contribution in [0, 0.1) is 0 Å². The molecule has 2 nitrogen and oxygen atoms in total. The van der Waals surface area contributed by atoms with Crippen LogP contribution < -0.4 is 4.74 Å². The van der Waals surface area contributed by atoms with Crippen molar-refractivity contribution >= 4 is 17.5 Å². The topological polar surface area (TPSA) is 26.3 Å². The Balaban J connectivity index is 2.04. The van der Waals surface area contributed by atoms with Crippen molar-refractivity contribution in [3.05, 3.63) is 60.2 Å². The highest BCUT2D eigenvalue weighted by atomic mass is 32.2. The summed E-state index contributed by atoms with van der Waals surface area (Å²) in [5.74, 6) is 0.190. The van der Waals surface area contributed by atoms with E-state index in [-0.39, 0.29) is 0 Å². The fourth-order valence-electron chi connectivity index (χ4n) is 1.56. The number of alkyl halides is 1. The Bertz CT molecular complexity index is 540. The van der Waals surface area contributed by atoms with E-state index in [0.717, 1.165) is 11.8 Å². The molecule has 19 heavy (non-hydrogen) atoms. The molecule has 0 radical (unpaired) electrons. The number of rotatable bonds is 5. The summed E-state index contributed by atoms with van der Waals surface area (Å²) < 4.78 is 19.0. The Morgan fingerprint density at radius 2 is 1.74 bits per heavy atom. The Morgan fingerprint density at radius 1 is 1.11 bits per heavy atom. The van der Waals surface area contributed by atoms with Crippen LogP contribution in [0.15, 0.2) is 59.5 Å². The molecule has 1 atom stereocenters. The zero-order chi connectivity index (χ0) is 13.7. The van der Waals surface area contributed by atoms with Gasteiger partial charge in [0.1, 0.15) is 5.75 Å². The Labute approximate surface area is 115 Å². The van der Waals surface area contributed by atoms with Crippen LogP contribution in [-0.2, 0) is 0 Å². The Kier molecular flexibility index (Phi) is 4.58. The number of halogens is 1. The maximum absolute atomic E-state index is 13.9. The molecule has 0 N–H and O–H groups in total. The lowest BCUT2D eigenvalue weighted by Gasteiger charge is -2.07. The minimum absolute atomic E-state index is 0.385. The predicted octanol–water partition coefficient (Wildman–Crippen LogP) is 3.97. The molecular formula is C15H13FO2S. The van der Waals surface area contributed by atoms with Crippen LogP contribution in [0.3, 0.4) is 0 Å². The first kappa shape index (κ1) is 13.6. The van der Waals surface area contributed by atoms with Gasteiger partial charge in [-0.1, -0.05) is 42.1 Å². The second-order valence-corrected chi connectivity index (χ2v) is 4.96. The summed E-state index contributed by atoms with van der Waals surface area (Å²) in [5.41, 5.74) is -1.22. The van der Waals surface area contributed by atoms with Gasteiger partial charge in [-0.3, -0.25) is 4.79 Å². The van der Waals surface area contributed by atoms with Gasteiger partial charge in [0, 0.05) is 10.5 Å². The van der Waals surface area contributed by atoms with Crippen LogP contribution in [-0.4, -0.2) is 18.4 Å². The molecule has 0 amide bonds. The average molecular weight is 276 g/mol. The first-order chi connectivity index (χ1) is 9.20. The summed E-state index contributed by atoms with van der Waals surface area (Å²) >= 11 is 0.894. The maximum Gasteiger partial charge on any atom is 0.213 e. The van der Waals surface area contributed by atoms with Crippen molar-refractivity contribution in [3.63, 3.8) is 0 Å². The van der Waals surface area contributed by atoms with E-state index in [1.807, 2.05) is 0 Å². The second kappa shape index (κ2) is 6.38. The number of carbonyl (C=O) groups is 1. The summed E-state index contributed by atoms with van der Waals surface area (Å²) in [5, 5.41) is 0. The molecule has 0 heterocycles. The number of ether oxygens (including phenoxy) is 1. The van der Waals surface area contributed by atoms with Crippen molar-refractivity contribution in [2.45, 2.75) is 10.4 Å². The summed E-state index contributed by atoms with van der Waals surface area (Å²) in [6, 6.07) is 15.4. The quantitative estimate of drug-likeness (QED) is 0.610. The van der Waals surface area contributed by atoms with Gasteiger partial charge in [0.25, 0.3) is 0 Å². The monoisotopic (exact) mass is 276 g/mol. The van der Waals surface area contributed by atoms with Crippen LogP contribution >= 0.6 is 11.8 Å². The van der Waals surface area contributed by atoms with Crippen LogP contribution in [0.5, 0.6) is 5.75 Å². The van der Waals surface area contributed by atoms with E-state index in [1.165, 1.54) is 0 Å². The van der Waals surface area contributed by atoms with E-state index in [1.54, 1.807) is 61.7 Å². The molecule has 2 aromatic rings. The number of thioether (sulfide) groups is 1. The lowest BCUT2D eigenvalue weighted by molar-refractivity contribution is 0.0939. The number of Topliss-reactive ketones (excluding diaryl/α,β-unsaturated/α-hetero) is 1. The number of methoxy groups -OCH3 is 1. The minimum atomic E-state index is -1.60. The van der Waals surface area contributed by atoms with Gasteiger partial charge in [-0.05, 0) is 24.3 Å². The number of ketones is 1. The molecular weight excluding hydrogens is 263 g/mol. The normalized spacial score (nSPS) is 11.9. The Hall–Kier alpha value is -1.81. The number of hydrogen-bond donors (Lipinski definition) is 0. The van der Waals surface area contributed by atoms with E-state index in [0.29, 0.717) is 16.2 Å². The fraction of sp³-hybridized carbons (Fsp3) is 0.133. The average Bonchev–Trinajstić information content (AvgIpc) is 2.48. The molecule has 0 saturated carbocycles. The standard InChI is InChI=1S/C15H13FO2S/c1-18-12-7-9-13(10-8-12)19-15(16)14(17)11-5-3-2-4-6-11/h2-10,15H,1H3. The van der Waals surface area contributed by atoms with Crippen LogP contribution in [0.25, 0.3) is 0 Å². The van der Waals surface area contributed by atoms with Crippen LogP contribution in [0.1, 0.15) is 10.4 Å². The molecule has 2 aromatic carbocycles. The number of benzene rings is 2. The highest BCUT2D eigenvalue weighted by Crippen LogP contribution is 2.28. The molecule has 0 fully saturated rings. The molecule has 0 aliphatic heterocycles. The summed E-state index contributed by atoms with van der Waals surface area (Å²) in [4.78, 5) is 12.5. The van der Waals surface area contributed by atoms with E-state index >= 15 is 0 Å². The SMILES string of the molecule is COc1ccc(SC(F)C(=O)c2ccccc2)cc1. The van der Waals surface area contributed by atoms with Gasteiger partial charge in [0.2, 0.25) is 11.3 Å². The van der Waals surface area contributed by atoms with Crippen molar-refractivity contribution in [2.75, 3.05) is 7.11 Å². The van der Waals surface area contributed by atoms with Gasteiger partial charge in [0.05, 0.1) is 7.11 Å². The largest absolute Gasteiger partial charge is 0.497 e. The van der Waals surface area contributed by atoms with Gasteiger partial charge >= 0.3 is 0 Å². The van der Waals surface area contributed by atoms with Crippen molar-refractivity contribution in [1.29, 1.82) is 0 Å². The summed E-state index contributed by atoms with van der Waals surface area (Å²) in [7, 11) is 1.57. The molecule has 0 bridgehead atoms. The van der Waals surface area contributed by atoms with E-state index in [9.17, 15) is 9.18 Å². The molecule has 98 valence electrons. The first-order valence-corrected chi connectivity index (χ1v) is 6.62. The molecule has 2 rings (SSSR count). The summed E-state index contributed by atoms with van der Waals surface area (Å²) in [6.45, 7) is 0. The third kappa shape index (κ3) is 3.58. The van der Waals surface area contributed by atoms with Gasteiger partial charge < -0.3 is 4.74 Å². The minimum Gasteiger partial charge on any atom is -0.497 e. The lowest BCUT2D eigenvalue weighted by atomic mass is 10.1. The van der Waals surface area contributed by atoms with E-state index in [2.05, 4.69) is 0 Å². The van der Waals surface area contributed by atoms with Crippen molar-refractivity contribution < 1.29 is 13.9 Å². The van der Waals surface area contributed by atoms with E-state index < -0.39 is 11.3 Å². The molecule has 1 unspecified atom stereocenters.